The van der Waals surface area contributed by atoms with E-state index in [-0.39, 0.29) is 5.41 Å². The SMILES string of the molecule is CCCCCCCCCCPCCC(c1ccccc1)(c1ccccc1)c1ccccc1. The second-order valence-electron chi connectivity index (χ2n) is 8.98. The zero-order chi connectivity index (χ0) is 22.3. The number of benzene rings is 3. The second-order valence-corrected chi connectivity index (χ2v) is 10.5. The largest absolute Gasteiger partial charge is 0.122 e. The Balaban J connectivity index is 1.64. The van der Waals surface area contributed by atoms with Crippen molar-refractivity contribution in [3.63, 3.8) is 0 Å². The maximum atomic E-state index is 2.32. The molecule has 3 rings (SSSR count). The first kappa shape index (κ1) is 24.7. The Bertz CT molecular complexity index is 745. The van der Waals surface area contributed by atoms with Crippen molar-refractivity contribution in [2.24, 2.45) is 0 Å². The van der Waals surface area contributed by atoms with Crippen molar-refractivity contribution in [3.05, 3.63) is 108 Å². The second kappa shape index (κ2) is 14.3. The topological polar surface area (TPSA) is 0 Å². The number of unbranched alkanes of at least 4 members (excludes halogenated alkanes) is 7. The third kappa shape index (κ3) is 7.05. The lowest BCUT2D eigenvalue weighted by atomic mass is 9.68. The molecule has 0 radical (unpaired) electrons. The molecule has 0 amide bonds. The molecule has 1 heteroatoms. The number of hydrogen-bond acceptors (Lipinski definition) is 0. The van der Waals surface area contributed by atoms with E-state index in [2.05, 4.69) is 97.9 Å². The molecule has 3 aromatic rings. The lowest BCUT2D eigenvalue weighted by Gasteiger charge is -2.36. The van der Waals surface area contributed by atoms with Crippen molar-refractivity contribution in [1.82, 2.24) is 0 Å². The van der Waals surface area contributed by atoms with Crippen LogP contribution in [0, 0.1) is 0 Å². The molecule has 1 unspecified atom stereocenters. The van der Waals surface area contributed by atoms with Crippen molar-refractivity contribution < 1.29 is 0 Å². The van der Waals surface area contributed by atoms with E-state index in [0.29, 0.717) is 0 Å². The predicted octanol–water partition coefficient (Wildman–Crippen LogP) is 9.23. The summed E-state index contributed by atoms with van der Waals surface area (Å²) < 4.78 is 0. The summed E-state index contributed by atoms with van der Waals surface area (Å²) in [7, 11) is 1.05. The van der Waals surface area contributed by atoms with E-state index in [1.807, 2.05) is 0 Å². The first-order chi connectivity index (χ1) is 15.9. The standard InChI is InChI=1S/C31H41P/c1-2-3-4-5-6-7-8-18-26-32-27-25-31(28-19-12-9-13-20-28,29-21-14-10-15-22-29)30-23-16-11-17-24-30/h9-17,19-24,32H,2-8,18,25-27H2,1H3. The minimum Gasteiger partial charge on any atom is -0.122 e. The molecule has 0 aliphatic rings. The third-order valence-electron chi connectivity index (χ3n) is 6.68. The number of rotatable bonds is 15. The molecule has 0 bridgehead atoms. The molecule has 3 aromatic carbocycles. The van der Waals surface area contributed by atoms with Crippen LogP contribution in [0.15, 0.2) is 91.0 Å². The molecular formula is C31H41P. The molecule has 0 aromatic heterocycles. The fraction of sp³-hybridized carbons (Fsp3) is 0.419. The summed E-state index contributed by atoms with van der Waals surface area (Å²) in [5.41, 5.74) is 4.16. The molecule has 0 saturated heterocycles. The zero-order valence-electron chi connectivity index (χ0n) is 19.9. The molecule has 170 valence electrons. The van der Waals surface area contributed by atoms with Crippen molar-refractivity contribution in [2.75, 3.05) is 12.3 Å². The summed E-state index contributed by atoms with van der Waals surface area (Å²) in [6, 6.07) is 33.5. The molecule has 0 spiro atoms. The van der Waals surface area contributed by atoms with E-state index < -0.39 is 0 Å². The Morgan fingerprint density at radius 1 is 0.500 bits per heavy atom. The Kier molecular flexibility index (Phi) is 11.0. The lowest BCUT2D eigenvalue weighted by molar-refractivity contribution is 0.585. The van der Waals surface area contributed by atoms with Crippen LogP contribution < -0.4 is 0 Å². The number of hydrogen-bond donors (Lipinski definition) is 0. The molecule has 0 aliphatic heterocycles. The van der Waals surface area contributed by atoms with Gasteiger partial charge >= 0.3 is 0 Å². The maximum absolute atomic E-state index is 2.32. The van der Waals surface area contributed by atoms with E-state index in [1.54, 1.807) is 0 Å². The van der Waals surface area contributed by atoms with Gasteiger partial charge in [-0.15, -0.1) is 8.58 Å². The van der Waals surface area contributed by atoms with Gasteiger partial charge in [0.05, 0.1) is 0 Å². The van der Waals surface area contributed by atoms with Gasteiger partial charge in [0.2, 0.25) is 0 Å². The predicted molar refractivity (Wildman–Crippen MR) is 144 cm³/mol. The average Bonchev–Trinajstić information content (AvgIpc) is 2.87. The summed E-state index contributed by atoms with van der Waals surface area (Å²) in [6.45, 7) is 2.29. The van der Waals surface area contributed by atoms with Crippen LogP contribution >= 0.6 is 8.58 Å². The molecule has 1 atom stereocenters. The third-order valence-corrected chi connectivity index (χ3v) is 7.99. The zero-order valence-corrected chi connectivity index (χ0v) is 20.9. The van der Waals surface area contributed by atoms with Gasteiger partial charge in [0.1, 0.15) is 0 Å². The molecule has 0 saturated carbocycles. The lowest BCUT2D eigenvalue weighted by Crippen LogP contribution is -2.30. The highest BCUT2D eigenvalue weighted by Crippen LogP contribution is 2.43. The van der Waals surface area contributed by atoms with Gasteiger partial charge in [-0.3, -0.25) is 0 Å². The molecule has 0 N–H and O–H groups in total. The van der Waals surface area contributed by atoms with Crippen molar-refractivity contribution in [1.29, 1.82) is 0 Å². The van der Waals surface area contributed by atoms with Gasteiger partial charge in [0, 0.05) is 5.41 Å². The molecular weight excluding hydrogens is 403 g/mol. The normalized spacial score (nSPS) is 11.9. The van der Waals surface area contributed by atoms with Crippen LogP contribution in [-0.4, -0.2) is 12.3 Å². The summed E-state index contributed by atoms with van der Waals surface area (Å²) in [4.78, 5) is 0. The molecule has 32 heavy (non-hydrogen) atoms. The van der Waals surface area contributed by atoms with Crippen molar-refractivity contribution in [2.45, 2.75) is 70.1 Å². The molecule has 0 fully saturated rings. The summed E-state index contributed by atoms with van der Waals surface area (Å²) >= 11 is 0. The van der Waals surface area contributed by atoms with Crippen LogP contribution in [0.3, 0.4) is 0 Å². The van der Waals surface area contributed by atoms with E-state index in [4.69, 9.17) is 0 Å². The van der Waals surface area contributed by atoms with E-state index >= 15 is 0 Å². The minimum atomic E-state index is -0.0734. The molecule has 0 aliphatic carbocycles. The van der Waals surface area contributed by atoms with Crippen LogP contribution in [0.1, 0.15) is 81.4 Å². The summed E-state index contributed by atoms with van der Waals surface area (Å²) in [5.74, 6) is 0. The molecule has 0 nitrogen and oxygen atoms in total. The highest BCUT2D eigenvalue weighted by Gasteiger charge is 2.35. The van der Waals surface area contributed by atoms with Gasteiger partial charge in [-0.1, -0.05) is 143 Å². The summed E-state index contributed by atoms with van der Waals surface area (Å²) in [6.07, 6.45) is 15.1. The van der Waals surface area contributed by atoms with Crippen LogP contribution in [0.2, 0.25) is 0 Å². The first-order valence-corrected chi connectivity index (χ1v) is 14.2. The highest BCUT2D eigenvalue weighted by molar-refractivity contribution is 7.37. The quantitative estimate of drug-likeness (QED) is 0.124. The molecule has 0 heterocycles. The fourth-order valence-corrected chi connectivity index (χ4v) is 6.19. The Labute approximate surface area is 198 Å². The van der Waals surface area contributed by atoms with E-state index in [0.717, 1.165) is 8.58 Å². The Morgan fingerprint density at radius 3 is 1.34 bits per heavy atom. The van der Waals surface area contributed by atoms with Gasteiger partial charge in [-0.2, -0.15) is 0 Å². The van der Waals surface area contributed by atoms with E-state index in [9.17, 15) is 0 Å². The van der Waals surface area contributed by atoms with Gasteiger partial charge in [-0.05, 0) is 41.9 Å². The fourth-order valence-electron chi connectivity index (χ4n) is 4.89. The van der Waals surface area contributed by atoms with Gasteiger partial charge in [-0.25, -0.2) is 0 Å². The average molecular weight is 445 g/mol. The minimum absolute atomic E-state index is 0.0734. The monoisotopic (exact) mass is 444 g/mol. The van der Waals surface area contributed by atoms with Crippen molar-refractivity contribution >= 4 is 8.58 Å². The maximum Gasteiger partial charge on any atom is 0.0454 e. The smallest absolute Gasteiger partial charge is 0.0454 e. The highest BCUT2D eigenvalue weighted by atomic mass is 31.1. The first-order valence-electron chi connectivity index (χ1n) is 12.7. The van der Waals surface area contributed by atoms with Gasteiger partial charge in [0.15, 0.2) is 0 Å². The van der Waals surface area contributed by atoms with E-state index in [1.165, 1.54) is 86.8 Å². The Hall–Kier alpha value is -1.91. The van der Waals surface area contributed by atoms with Crippen LogP contribution in [0.5, 0.6) is 0 Å². The van der Waals surface area contributed by atoms with Gasteiger partial charge in [0.25, 0.3) is 0 Å². The summed E-state index contributed by atoms with van der Waals surface area (Å²) in [5, 5.41) is 0. The van der Waals surface area contributed by atoms with Crippen LogP contribution in [0.4, 0.5) is 0 Å². The Morgan fingerprint density at radius 2 is 0.906 bits per heavy atom. The van der Waals surface area contributed by atoms with Crippen molar-refractivity contribution in [3.8, 4) is 0 Å². The van der Waals surface area contributed by atoms with Crippen LogP contribution in [-0.2, 0) is 5.41 Å². The van der Waals surface area contributed by atoms with Gasteiger partial charge < -0.3 is 0 Å². The van der Waals surface area contributed by atoms with Crippen LogP contribution in [0.25, 0.3) is 0 Å².